The smallest absolute Gasteiger partial charge is 0.407 e. The van der Waals surface area contributed by atoms with E-state index >= 15 is 0 Å². The average molecular weight is 478 g/mol. The maximum atomic E-state index is 11.8. The molecule has 4 rings (SSSR count). The van der Waals surface area contributed by atoms with Crippen molar-refractivity contribution in [1.29, 1.82) is 0 Å². The predicted octanol–water partition coefficient (Wildman–Crippen LogP) is 4.89. The molecule has 0 bridgehead atoms. The SMILES string of the molecule is COc1ccc(-c2cnc3c(NCCCNC(=O)OC(C)(C)C)nc4ccccc4n23)cc1OC. The molecule has 0 saturated carbocycles. The lowest BCUT2D eigenvalue weighted by molar-refractivity contribution is 0.0528. The van der Waals surface area contributed by atoms with Gasteiger partial charge < -0.3 is 24.8 Å². The molecule has 4 aromatic rings. The molecule has 0 spiro atoms. The van der Waals surface area contributed by atoms with Crippen LogP contribution in [0.25, 0.3) is 27.9 Å². The highest BCUT2D eigenvalue weighted by atomic mass is 16.6. The van der Waals surface area contributed by atoms with Crippen LogP contribution in [-0.2, 0) is 4.74 Å². The van der Waals surface area contributed by atoms with E-state index in [1.807, 2.05) is 69.4 Å². The van der Waals surface area contributed by atoms with Crippen molar-refractivity contribution in [2.24, 2.45) is 0 Å². The zero-order chi connectivity index (χ0) is 25.0. The lowest BCUT2D eigenvalue weighted by atomic mass is 10.1. The van der Waals surface area contributed by atoms with Gasteiger partial charge in [0.1, 0.15) is 5.60 Å². The third-order valence-electron chi connectivity index (χ3n) is 5.32. The number of benzene rings is 2. The number of fused-ring (bicyclic) bond motifs is 3. The standard InChI is InChI=1S/C26H31N5O4/c1-26(2,3)35-25(32)28-14-8-13-27-23-24-29-16-20(17-11-12-21(33-4)22(15-17)34-5)31(24)19-10-7-6-9-18(19)30-23/h6-7,9-12,15-16H,8,13-14H2,1-5H3,(H,27,30)(H,28,32). The quantitative estimate of drug-likeness (QED) is 0.349. The first-order chi connectivity index (χ1) is 16.8. The summed E-state index contributed by atoms with van der Waals surface area (Å²) in [4.78, 5) is 21.3. The van der Waals surface area contributed by atoms with Gasteiger partial charge in [0, 0.05) is 18.7 Å². The molecule has 184 valence electrons. The van der Waals surface area contributed by atoms with Gasteiger partial charge in [0.25, 0.3) is 0 Å². The maximum absolute atomic E-state index is 11.8. The van der Waals surface area contributed by atoms with Gasteiger partial charge in [-0.3, -0.25) is 4.40 Å². The number of ether oxygens (including phenoxy) is 3. The molecule has 2 aromatic heterocycles. The number of para-hydroxylation sites is 2. The molecule has 9 heteroatoms. The van der Waals surface area contributed by atoms with Crippen LogP contribution in [0.1, 0.15) is 27.2 Å². The Labute approximate surface area is 204 Å². The Morgan fingerprint density at radius 2 is 1.80 bits per heavy atom. The fourth-order valence-corrected chi connectivity index (χ4v) is 3.80. The van der Waals surface area contributed by atoms with Crippen molar-refractivity contribution in [2.75, 3.05) is 32.6 Å². The molecule has 1 amide bonds. The van der Waals surface area contributed by atoms with E-state index in [0.29, 0.717) is 42.5 Å². The number of amides is 1. The second kappa shape index (κ2) is 10.1. The third-order valence-corrected chi connectivity index (χ3v) is 5.32. The number of carbonyl (C=O) groups is 1. The van der Waals surface area contributed by atoms with E-state index in [9.17, 15) is 4.79 Å². The van der Waals surface area contributed by atoms with Gasteiger partial charge in [0.15, 0.2) is 23.0 Å². The number of methoxy groups -OCH3 is 2. The van der Waals surface area contributed by atoms with Crippen molar-refractivity contribution in [3.05, 3.63) is 48.7 Å². The minimum absolute atomic E-state index is 0.420. The van der Waals surface area contributed by atoms with Crippen molar-refractivity contribution >= 4 is 28.6 Å². The van der Waals surface area contributed by atoms with Crippen molar-refractivity contribution in [3.8, 4) is 22.8 Å². The first-order valence-electron chi connectivity index (χ1n) is 11.5. The van der Waals surface area contributed by atoms with Gasteiger partial charge in [0.2, 0.25) is 0 Å². The van der Waals surface area contributed by atoms with E-state index in [4.69, 9.17) is 19.2 Å². The lowest BCUT2D eigenvalue weighted by Gasteiger charge is -2.19. The molecule has 0 fully saturated rings. The third kappa shape index (κ3) is 5.40. The van der Waals surface area contributed by atoms with Gasteiger partial charge in [-0.05, 0) is 57.5 Å². The largest absolute Gasteiger partial charge is 0.493 e. The summed E-state index contributed by atoms with van der Waals surface area (Å²) >= 11 is 0. The Bertz CT molecular complexity index is 1340. The van der Waals surface area contributed by atoms with Crippen molar-refractivity contribution in [1.82, 2.24) is 19.7 Å². The molecule has 0 radical (unpaired) electrons. The summed E-state index contributed by atoms with van der Waals surface area (Å²) in [5, 5.41) is 6.15. The minimum Gasteiger partial charge on any atom is -0.493 e. The Morgan fingerprint density at radius 1 is 1.03 bits per heavy atom. The van der Waals surface area contributed by atoms with Gasteiger partial charge in [-0.1, -0.05) is 12.1 Å². The number of alkyl carbamates (subject to hydrolysis) is 1. The molecule has 0 aliphatic carbocycles. The van der Waals surface area contributed by atoms with Crippen molar-refractivity contribution < 1.29 is 19.0 Å². The summed E-state index contributed by atoms with van der Waals surface area (Å²) in [5.74, 6) is 1.99. The van der Waals surface area contributed by atoms with Crippen LogP contribution in [0.5, 0.6) is 11.5 Å². The second-order valence-electron chi connectivity index (χ2n) is 9.03. The van der Waals surface area contributed by atoms with Gasteiger partial charge >= 0.3 is 6.09 Å². The topological polar surface area (TPSA) is 99.0 Å². The van der Waals surface area contributed by atoms with E-state index in [2.05, 4.69) is 20.0 Å². The first kappa shape index (κ1) is 24.1. The predicted molar refractivity (Wildman–Crippen MR) is 136 cm³/mol. The summed E-state index contributed by atoms with van der Waals surface area (Å²) in [6, 6.07) is 13.7. The van der Waals surface area contributed by atoms with Crippen LogP contribution in [-0.4, -0.2) is 53.4 Å². The molecule has 0 aliphatic heterocycles. The minimum atomic E-state index is -0.519. The van der Waals surface area contributed by atoms with E-state index in [1.54, 1.807) is 14.2 Å². The lowest BCUT2D eigenvalue weighted by Crippen LogP contribution is -2.33. The molecule has 0 aliphatic rings. The van der Waals surface area contributed by atoms with Gasteiger partial charge in [-0.15, -0.1) is 0 Å². The van der Waals surface area contributed by atoms with Crippen molar-refractivity contribution in [3.63, 3.8) is 0 Å². The number of carbonyl (C=O) groups excluding carboxylic acids is 1. The number of hydrogen-bond donors (Lipinski definition) is 2. The van der Waals surface area contributed by atoms with Gasteiger partial charge in [0.05, 0.1) is 37.1 Å². The van der Waals surface area contributed by atoms with Gasteiger partial charge in [-0.2, -0.15) is 0 Å². The highest BCUT2D eigenvalue weighted by molar-refractivity contribution is 5.86. The molecule has 2 aromatic carbocycles. The molecule has 0 atom stereocenters. The van der Waals surface area contributed by atoms with Crippen LogP contribution in [0.3, 0.4) is 0 Å². The van der Waals surface area contributed by atoms with Gasteiger partial charge in [-0.25, -0.2) is 14.8 Å². The van der Waals surface area contributed by atoms with E-state index in [0.717, 1.165) is 22.3 Å². The highest BCUT2D eigenvalue weighted by Crippen LogP contribution is 2.34. The number of nitrogens with one attached hydrogen (secondary N) is 2. The first-order valence-corrected chi connectivity index (χ1v) is 11.5. The highest BCUT2D eigenvalue weighted by Gasteiger charge is 2.17. The van der Waals surface area contributed by atoms with Crippen molar-refractivity contribution in [2.45, 2.75) is 32.8 Å². The summed E-state index contributed by atoms with van der Waals surface area (Å²) < 4.78 is 18.2. The molecular weight excluding hydrogens is 446 g/mol. The molecule has 9 nitrogen and oxygen atoms in total. The number of aromatic nitrogens is 3. The Morgan fingerprint density at radius 3 is 2.54 bits per heavy atom. The van der Waals surface area contributed by atoms with Crippen LogP contribution in [0.4, 0.5) is 10.6 Å². The number of rotatable bonds is 8. The normalized spacial score (nSPS) is 11.5. The Hall–Kier alpha value is -4.01. The molecule has 2 heterocycles. The Kier molecular flexibility index (Phi) is 6.95. The number of anilines is 1. The van der Waals surface area contributed by atoms with E-state index in [1.165, 1.54) is 0 Å². The maximum Gasteiger partial charge on any atom is 0.407 e. The van der Waals surface area contributed by atoms with Crippen LogP contribution in [0, 0.1) is 0 Å². The summed E-state index contributed by atoms with van der Waals surface area (Å²) in [7, 11) is 3.24. The fraction of sp³-hybridized carbons (Fsp3) is 0.346. The van der Waals surface area contributed by atoms with E-state index < -0.39 is 11.7 Å². The molecule has 2 N–H and O–H groups in total. The van der Waals surface area contributed by atoms with Crippen LogP contribution in [0.2, 0.25) is 0 Å². The number of hydrogen-bond acceptors (Lipinski definition) is 7. The molecule has 0 saturated heterocycles. The molecular formula is C26H31N5O4. The molecule has 35 heavy (non-hydrogen) atoms. The second-order valence-corrected chi connectivity index (χ2v) is 9.03. The van der Waals surface area contributed by atoms with Crippen LogP contribution in [0.15, 0.2) is 48.7 Å². The zero-order valence-corrected chi connectivity index (χ0v) is 20.7. The van der Waals surface area contributed by atoms with Crippen LogP contribution < -0.4 is 20.1 Å². The summed E-state index contributed by atoms with van der Waals surface area (Å²) in [6.45, 7) is 6.61. The van der Waals surface area contributed by atoms with Crippen LogP contribution >= 0.6 is 0 Å². The number of imidazole rings is 1. The number of nitrogens with zero attached hydrogens (tertiary/aromatic N) is 3. The average Bonchev–Trinajstić information content (AvgIpc) is 3.28. The molecule has 0 unspecified atom stereocenters. The zero-order valence-electron chi connectivity index (χ0n) is 20.7. The Balaban J connectivity index is 1.59. The summed E-state index contributed by atoms with van der Waals surface area (Å²) in [6.07, 6.45) is 2.11. The monoisotopic (exact) mass is 477 g/mol. The van der Waals surface area contributed by atoms with E-state index in [-0.39, 0.29) is 0 Å². The summed E-state index contributed by atoms with van der Waals surface area (Å²) in [5.41, 5.74) is 3.84. The fourth-order valence-electron chi connectivity index (χ4n) is 3.80.